The first-order chi connectivity index (χ1) is 7.77. The van der Waals surface area contributed by atoms with E-state index >= 15 is 0 Å². The first-order valence-electron chi connectivity index (χ1n) is 5.62. The lowest BCUT2D eigenvalue weighted by Crippen LogP contribution is -1.95. The number of hydrogen-bond donors (Lipinski definition) is 1. The van der Waals surface area contributed by atoms with Gasteiger partial charge in [-0.05, 0) is 18.9 Å². The van der Waals surface area contributed by atoms with Gasteiger partial charge in [-0.15, -0.1) is 0 Å². The molecular formula is C13H16N2O. The highest BCUT2D eigenvalue weighted by Crippen LogP contribution is 2.32. The maximum Gasteiger partial charge on any atom is 0.217 e. The fourth-order valence-electron chi connectivity index (χ4n) is 1.87. The van der Waals surface area contributed by atoms with Crippen molar-refractivity contribution in [2.24, 2.45) is 0 Å². The zero-order chi connectivity index (χ0) is 11.5. The number of benzene rings is 1. The van der Waals surface area contributed by atoms with Crippen molar-refractivity contribution in [3.63, 3.8) is 0 Å². The molecule has 1 N–H and O–H groups in total. The van der Waals surface area contributed by atoms with Gasteiger partial charge in [0.25, 0.3) is 0 Å². The summed E-state index contributed by atoms with van der Waals surface area (Å²) in [6.45, 7) is 4.71. The largest absolute Gasteiger partial charge is 0.493 e. The Morgan fingerprint density at radius 3 is 2.44 bits per heavy atom. The average molecular weight is 216 g/mol. The van der Waals surface area contributed by atoms with E-state index in [4.69, 9.17) is 0 Å². The molecule has 1 heterocycles. The molecule has 0 bridgehead atoms. The number of aromatic hydroxyl groups is 1. The van der Waals surface area contributed by atoms with Crippen molar-refractivity contribution in [3.05, 3.63) is 36.0 Å². The van der Waals surface area contributed by atoms with E-state index in [0.29, 0.717) is 6.54 Å². The maximum atomic E-state index is 10.1. The molecule has 3 heteroatoms. The van der Waals surface area contributed by atoms with Crippen molar-refractivity contribution in [2.45, 2.75) is 26.8 Å². The maximum absolute atomic E-state index is 10.1. The quantitative estimate of drug-likeness (QED) is 0.856. The van der Waals surface area contributed by atoms with Gasteiger partial charge >= 0.3 is 0 Å². The zero-order valence-corrected chi connectivity index (χ0v) is 9.64. The van der Waals surface area contributed by atoms with Crippen LogP contribution in [0.5, 0.6) is 5.88 Å². The lowest BCUT2D eigenvalue weighted by molar-refractivity contribution is 0.406. The van der Waals surface area contributed by atoms with E-state index in [2.05, 4.69) is 5.10 Å². The Morgan fingerprint density at radius 2 is 1.88 bits per heavy atom. The molecule has 1 aromatic carbocycles. The molecule has 0 saturated heterocycles. The number of hydrogen-bond acceptors (Lipinski definition) is 2. The van der Waals surface area contributed by atoms with Crippen LogP contribution in [0.4, 0.5) is 0 Å². The molecule has 3 nitrogen and oxygen atoms in total. The SMILES string of the molecule is CCc1nn(CC)c(O)c1-c1ccccc1. The predicted octanol–water partition coefficient (Wildman–Crippen LogP) is 2.84. The molecule has 0 amide bonds. The second-order valence-electron chi connectivity index (χ2n) is 3.68. The van der Waals surface area contributed by atoms with Crippen LogP contribution in [-0.4, -0.2) is 14.9 Å². The Kier molecular flexibility index (Phi) is 2.95. The van der Waals surface area contributed by atoms with E-state index in [1.807, 2.05) is 44.2 Å². The van der Waals surface area contributed by atoms with Crippen LogP contribution in [0.15, 0.2) is 30.3 Å². The number of aryl methyl sites for hydroxylation is 2. The molecule has 0 fully saturated rings. The van der Waals surface area contributed by atoms with Gasteiger partial charge in [0.2, 0.25) is 5.88 Å². The molecule has 0 aliphatic heterocycles. The van der Waals surface area contributed by atoms with Crippen LogP contribution in [0.25, 0.3) is 11.1 Å². The van der Waals surface area contributed by atoms with Gasteiger partial charge in [-0.25, -0.2) is 4.68 Å². The predicted molar refractivity (Wildman–Crippen MR) is 64.4 cm³/mol. The van der Waals surface area contributed by atoms with Crippen molar-refractivity contribution >= 4 is 0 Å². The lowest BCUT2D eigenvalue weighted by atomic mass is 10.1. The third-order valence-corrected chi connectivity index (χ3v) is 2.69. The summed E-state index contributed by atoms with van der Waals surface area (Å²) >= 11 is 0. The van der Waals surface area contributed by atoms with Gasteiger partial charge in [-0.2, -0.15) is 5.10 Å². The van der Waals surface area contributed by atoms with Crippen molar-refractivity contribution in [3.8, 4) is 17.0 Å². The molecule has 0 saturated carbocycles. The fraction of sp³-hybridized carbons (Fsp3) is 0.308. The minimum atomic E-state index is 0.269. The lowest BCUT2D eigenvalue weighted by Gasteiger charge is -2.01. The molecule has 0 radical (unpaired) electrons. The Balaban J connectivity index is 2.59. The Morgan fingerprint density at radius 1 is 1.19 bits per heavy atom. The number of rotatable bonds is 3. The van der Waals surface area contributed by atoms with Crippen LogP contribution < -0.4 is 0 Å². The van der Waals surface area contributed by atoms with Gasteiger partial charge < -0.3 is 5.11 Å². The van der Waals surface area contributed by atoms with Gasteiger partial charge in [0.1, 0.15) is 0 Å². The van der Waals surface area contributed by atoms with E-state index in [1.165, 1.54) is 0 Å². The summed E-state index contributed by atoms with van der Waals surface area (Å²) in [6, 6.07) is 9.90. The first-order valence-corrected chi connectivity index (χ1v) is 5.62. The molecular weight excluding hydrogens is 200 g/mol. The molecule has 0 atom stereocenters. The van der Waals surface area contributed by atoms with E-state index in [1.54, 1.807) is 4.68 Å². The minimum absolute atomic E-state index is 0.269. The molecule has 0 aliphatic rings. The molecule has 84 valence electrons. The van der Waals surface area contributed by atoms with E-state index < -0.39 is 0 Å². The molecule has 2 aromatic rings. The van der Waals surface area contributed by atoms with Gasteiger partial charge in [-0.3, -0.25) is 0 Å². The highest BCUT2D eigenvalue weighted by Gasteiger charge is 2.16. The second-order valence-corrected chi connectivity index (χ2v) is 3.68. The average Bonchev–Trinajstić information content (AvgIpc) is 2.66. The molecule has 16 heavy (non-hydrogen) atoms. The smallest absolute Gasteiger partial charge is 0.217 e. The molecule has 0 aliphatic carbocycles. The van der Waals surface area contributed by atoms with Crippen LogP contribution in [0.1, 0.15) is 19.5 Å². The summed E-state index contributed by atoms with van der Waals surface area (Å²) in [5, 5.41) is 14.5. The fourth-order valence-corrected chi connectivity index (χ4v) is 1.87. The molecule has 0 unspecified atom stereocenters. The van der Waals surface area contributed by atoms with Crippen molar-refractivity contribution in [1.29, 1.82) is 0 Å². The summed E-state index contributed by atoms with van der Waals surface area (Å²) in [6.07, 6.45) is 0.824. The zero-order valence-electron chi connectivity index (χ0n) is 9.64. The van der Waals surface area contributed by atoms with Crippen molar-refractivity contribution < 1.29 is 5.11 Å². The van der Waals surface area contributed by atoms with Crippen LogP contribution in [-0.2, 0) is 13.0 Å². The van der Waals surface area contributed by atoms with Gasteiger partial charge in [0.05, 0.1) is 11.3 Å². The molecule has 0 spiro atoms. The third kappa shape index (κ3) is 1.69. The van der Waals surface area contributed by atoms with E-state index in [-0.39, 0.29) is 5.88 Å². The van der Waals surface area contributed by atoms with E-state index in [9.17, 15) is 5.11 Å². The van der Waals surface area contributed by atoms with E-state index in [0.717, 1.165) is 23.2 Å². The standard InChI is InChI=1S/C13H16N2O/c1-3-11-12(10-8-6-5-7-9-10)13(16)15(4-2)14-11/h5-9,16H,3-4H2,1-2H3. The topological polar surface area (TPSA) is 38.0 Å². The first kappa shape index (κ1) is 10.7. The molecule has 1 aromatic heterocycles. The Hall–Kier alpha value is -1.77. The number of nitrogens with zero attached hydrogens (tertiary/aromatic N) is 2. The second kappa shape index (κ2) is 4.39. The molecule has 2 rings (SSSR count). The number of aromatic nitrogens is 2. The summed E-state index contributed by atoms with van der Waals surface area (Å²) in [5.41, 5.74) is 2.84. The minimum Gasteiger partial charge on any atom is -0.493 e. The summed E-state index contributed by atoms with van der Waals surface area (Å²) in [7, 11) is 0. The van der Waals surface area contributed by atoms with Crippen molar-refractivity contribution in [1.82, 2.24) is 9.78 Å². The van der Waals surface area contributed by atoms with Crippen LogP contribution in [0.2, 0.25) is 0 Å². The van der Waals surface area contributed by atoms with Gasteiger partial charge in [-0.1, -0.05) is 37.3 Å². The highest BCUT2D eigenvalue weighted by molar-refractivity contribution is 5.71. The van der Waals surface area contributed by atoms with Gasteiger partial charge in [0.15, 0.2) is 0 Å². The Bertz CT molecular complexity index is 474. The normalized spacial score (nSPS) is 10.6. The highest BCUT2D eigenvalue weighted by atomic mass is 16.3. The monoisotopic (exact) mass is 216 g/mol. The summed E-state index contributed by atoms with van der Waals surface area (Å²) in [5.74, 6) is 0.269. The Labute approximate surface area is 95.3 Å². The third-order valence-electron chi connectivity index (χ3n) is 2.69. The van der Waals surface area contributed by atoms with Gasteiger partial charge in [0, 0.05) is 6.54 Å². The van der Waals surface area contributed by atoms with Crippen molar-refractivity contribution in [2.75, 3.05) is 0 Å². The van der Waals surface area contributed by atoms with Crippen LogP contribution >= 0.6 is 0 Å². The summed E-state index contributed by atoms with van der Waals surface area (Å²) in [4.78, 5) is 0. The van der Waals surface area contributed by atoms with Crippen LogP contribution in [0.3, 0.4) is 0 Å². The van der Waals surface area contributed by atoms with Crippen LogP contribution in [0, 0.1) is 0 Å². The summed E-state index contributed by atoms with van der Waals surface area (Å²) < 4.78 is 1.64.